The Bertz CT molecular complexity index is 1100. The number of ether oxygens (including phenoxy) is 2. The highest BCUT2D eigenvalue weighted by Gasteiger charge is 2.20. The normalized spacial score (nSPS) is 12.5. The van der Waals surface area contributed by atoms with E-state index in [1.807, 2.05) is 30.3 Å². The van der Waals surface area contributed by atoms with Crippen molar-refractivity contribution in [3.05, 3.63) is 82.9 Å². The molecule has 0 saturated heterocycles. The lowest BCUT2D eigenvalue weighted by molar-refractivity contribution is 0.0514. The van der Waals surface area contributed by atoms with Crippen LogP contribution in [0.4, 0.5) is 5.69 Å². The molecular formula is C28H34NO2P. The van der Waals surface area contributed by atoms with E-state index in [2.05, 4.69) is 71.9 Å². The summed E-state index contributed by atoms with van der Waals surface area (Å²) in [5.41, 5.74) is 6.95. The van der Waals surface area contributed by atoms with Crippen LogP contribution in [0.25, 0.3) is 0 Å². The molecule has 0 aliphatic rings. The van der Waals surface area contributed by atoms with Gasteiger partial charge in [-0.1, -0.05) is 71.8 Å². The Kier molecular flexibility index (Phi) is 7.87. The molecule has 0 spiro atoms. The Morgan fingerprint density at radius 1 is 0.938 bits per heavy atom. The molecule has 3 rings (SSSR count). The first kappa shape index (κ1) is 24.2. The van der Waals surface area contributed by atoms with Crippen molar-refractivity contribution in [2.24, 2.45) is 4.99 Å². The SMILES string of the molecule is COCOc1c(C)cc(C(C)(C)C)cc1Pc1c(C)cccc1C(C)=Nc1ccccc1. The van der Waals surface area contributed by atoms with E-state index in [0.717, 1.165) is 22.7 Å². The molecule has 0 aliphatic heterocycles. The summed E-state index contributed by atoms with van der Waals surface area (Å²) in [6, 6.07) is 21.1. The van der Waals surface area contributed by atoms with E-state index in [4.69, 9.17) is 14.5 Å². The van der Waals surface area contributed by atoms with Gasteiger partial charge in [-0.3, -0.25) is 4.99 Å². The molecule has 0 radical (unpaired) electrons. The molecule has 0 heterocycles. The van der Waals surface area contributed by atoms with Crippen molar-refractivity contribution in [1.82, 2.24) is 0 Å². The van der Waals surface area contributed by atoms with Crippen molar-refractivity contribution < 1.29 is 9.47 Å². The van der Waals surface area contributed by atoms with Crippen LogP contribution in [0.1, 0.15) is 49.9 Å². The van der Waals surface area contributed by atoms with E-state index in [1.165, 1.54) is 27.3 Å². The molecule has 0 bridgehead atoms. The number of nitrogens with zero attached hydrogens (tertiary/aromatic N) is 1. The second-order valence-electron chi connectivity index (χ2n) is 9.13. The summed E-state index contributed by atoms with van der Waals surface area (Å²) in [5.74, 6) is 0.921. The molecule has 4 heteroatoms. The van der Waals surface area contributed by atoms with Gasteiger partial charge in [0.2, 0.25) is 0 Å². The molecule has 0 N–H and O–H groups in total. The number of aliphatic imine (C=N–C) groups is 1. The number of benzene rings is 3. The molecule has 0 fully saturated rings. The third-order valence-electron chi connectivity index (χ3n) is 5.44. The van der Waals surface area contributed by atoms with Gasteiger partial charge in [-0.25, -0.2) is 0 Å². The summed E-state index contributed by atoms with van der Waals surface area (Å²) in [6.07, 6.45) is 0. The van der Waals surface area contributed by atoms with Crippen LogP contribution in [-0.4, -0.2) is 19.6 Å². The van der Waals surface area contributed by atoms with Crippen LogP contribution < -0.4 is 15.3 Å². The minimum absolute atomic E-state index is 0.0586. The van der Waals surface area contributed by atoms with Gasteiger partial charge in [-0.05, 0) is 66.4 Å². The van der Waals surface area contributed by atoms with Crippen LogP contribution in [0.5, 0.6) is 5.75 Å². The maximum Gasteiger partial charge on any atom is 0.188 e. The number of aryl methyl sites for hydroxylation is 2. The van der Waals surface area contributed by atoms with Crippen LogP contribution in [0.2, 0.25) is 0 Å². The fourth-order valence-electron chi connectivity index (χ4n) is 3.64. The maximum absolute atomic E-state index is 6.05. The standard InChI is InChI=1S/C28H34NO2P/c1-19-12-11-15-24(21(3)29-23-13-9-8-10-14-23)27(19)32-25-17-22(28(4,5)6)16-20(2)26(25)31-18-30-7/h8-17,32H,18H2,1-7H3. The lowest BCUT2D eigenvalue weighted by atomic mass is 9.86. The molecule has 1 atom stereocenters. The second-order valence-corrected chi connectivity index (χ2v) is 10.4. The number of hydrogen-bond acceptors (Lipinski definition) is 3. The molecule has 0 saturated carbocycles. The zero-order valence-corrected chi connectivity index (χ0v) is 21.2. The monoisotopic (exact) mass is 447 g/mol. The van der Waals surface area contributed by atoms with Crippen LogP contribution in [0.3, 0.4) is 0 Å². The van der Waals surface area contributed by atoms with E-state index in [1.54, 1.807) is 7.11 Å². The van der Waals surface area contributed by atoms with Gasteiger partial charge in [0, 0.05) is 23.7 Å². The molecule has 0 aromatic heterocycles. The molecule has 0 aliphatic carbocycles. The Labute approximate surface area is 194 Å². The van der Waals surface area contributed by atoms with E-state index in [0.29, 0.717) is 8.58 Å². The summed E-state index contributed by atoms with van der Waals surface area (Å²) in [4.78, 5) is 4.89. The highest BCUT2D eigenvalue weighted by Crippen LogP contribution is 2.31. The zero-order chi connectivity index (χ0) is 23.3. The molecule has 168 valence electrons. The molecule has 0 amide bonds. The number of para-hydroxylation sites is 1. The Morgan fingerprint density at radius 2 is 1.66 bits per heavy atom. The lowest BCUT2D eigenvalue weighted by Crippen LogP contribution is -2.20. The third-order valence-corrected chi connectivity index (χ3v) is 6.99. The highest BCUT2D eigenvalue weighted by molar-refractivity contribution is 7.56. The second kappa shape index (κ2) is 10.4. The van der Waals surface area contributed by atoms with E-state index in [9.17, 15) is 0 Å². The van der Waals surface area contributed by atoms with E-state index >= 15 is 0 Å². The topological polar surface area (TPSA) is 30.8 Å². The predicted octanol–water partition coefficient (Wildman–Crippen LogP) is 6.35. The lowest BCUT2D eigenvalue weighted by Gasteiger charge is -2.24. The first-order chi connectivity index (χ1) is 15.2. The zero-order valence-electron chi connectivity index (χ0n) is 20.2. The van der Waals surface area contributed by atoms with Crippen molar-refractivity contribution in [3.8, 4) is 5.75 Å². The first-order valence-electron chi connectivity index (χ1n) is 10.9. The predicted molar refractivity (Wildman–Crippen MR) is 139 cm³/mol. The van der Waals surface area contributed by atoms with Gasteiger partial charge in [0.1, 0.15) is 5.75 Å². The van der Waals surface area contributed by atoms with Crippen LogP contribution in [-0.2, 0) is 10.2 Å². The van der Waals surface area contributed by atoms with Crippen molar-refractivity contribution in [2.75, 3.05) is 13.9 Å². The minimum Gasteiger partial charge on any atom is -0.467 e. The Morgan fingerprint density at radius 3 is 2.31 bits per heavy atom. The molecule has 3 aromatic carbocycles. The van der Waals surface area contributed by atoms with Crippen molar-refractivity contribution in [1.29, 1.82) is 0 Å². The molecule has 1 unspecified atom stereocenters. The molecule has 32 heavy (non-hydrogen) atoms. The quantitative estimate of drug-likeness (QED) is 0.240. The van der Waals surface area contributed by atoms with Crippen LogP contribution in [0, 0.1) is 13.8 Å². The number of hydrogen-bond donors (Lipinski definition) is 0. The van der Waals surface area contributed by atoms with Gasteiger partial charge < -0.3 is 9.47 Å². The van der Waals surface area contributed by atoms with Gasteiger partial charge in [0.05, 0.1) is 5.69 Å². The van der Waals surface area contributed by atoms with Crippen molar-refractivity contribution in [2.45, 2.75) is 47.0 Å². The Balaban J connectivity index is 2.10. The first-order valence-corrected chi connectivity index (χ1v) is 11.9. The van der Waals surface area contributed by atoms with E-state index < -0.39 is 0 Å². The molecule has 3 aromatic rings. The fourth-order valence-corrected chi connectivity index (χ4v) is 5.19. The fraction of sp³-hybridized carbons (Fsp3) is 0.321. The summed E-state index contributed by atoms with van der Waals surface area (Å²) in [7, 11) is 2.10. The average Bonchev–Trinajstić information content (AvgIpc) is 2.74. The van der Waals surface area contributed by atoms with Gasteiger partial charge in [0.15, 0.2) is 6.79 Å². The van der Waals surface area contributed by atoms with Gasteiger partial charge in [-0.2, -0.15) is 0 Å². The summed E-state index contributed by atoms with van der Waals surface area (Å²) in [5, 5.41) is 2.51. The average molecular weight is 448 g/mol. The summed E-state index contributed by atoms with van der Waals surface area (Å²) in [6.45, 7) is 13.4. The van der Waals surface area contributed by atoms with Crippen molar-refractivity contribution in [3.63, 3.8) is 0 Å². The summed E-state index contributed by atoms with van der Waals surface area (Å²) >= 11 is 0. The largest absolute Gasteiger partial charge is 0.467 e. The van der Waals surface area contributed by atoms with Crippen molar-refractivity contribution >= 4 is 30.6 Å². The van der Waals surface area contributed by atoms with Gasteiger partial charge >= 0.3 is 0 Å². The Hall–Kier alpha value is -2.48. The smallest absolute Gasteiger partial charge is 0.188 e. The number of rotatable bonds is 7. The van der Waals surface area contributed by atoms with Crippen LogP contribution >= 0.6 is 8.58 Å². The maximum atomic E-state index is 6.05. The molecular weight excluding hydrogens is 413 g/mol. The third kappa shape index (κ3) is 5.85. The van der Waals surface area contributed by atoms with Gasteiger partial charge in [0.25, 0.3) is 0 Å². The highest BCUT2D eigenvalue weighted by atomic mass is 31.1. The minimum atomic E-state index is 0.0586. The molecule has 3 nitrogen and oxygen atoms in total. The van der Waals surface area contributed by atoms with Gasteiger partial charge in [-0.15, -0.1) is 0 Å². The summed E-state index contributed by atoms with van der Waals surface area (Å²) < 4.78 is 11.3. The van der Waals surface area contributed by atoms with Crippen LogP contribution in [0.15, 0.2) is 65.7 Å². The number of methoxy groups -OCH3 is 1. The van der Waals surface area contributed by atoms with E-state index in [-0.39, 0.29) is 12.2 Å².